The zero-order chi connectivity index (χ0) is 18.1. The van der Waals surface area contributed by atoms with E-state index in [0.717, 1.165) is 11.6 Å². The van der Waals surface area contributed by atoms with Gasteiger partial charge in [0.05, 0.1) is 15.9 Å². The summed E-state index contributed by atoms with van der Waals surface area (Å²) in [6.45, 7) is 5.90. The monoisotopic (exact) mass is 332 g/mol. The van der Waals surface area contributed by atoms with Crippen LogP contribution < -0.4 is 4.74 Å². The summed E-state index contributed by atoms with van der Waals surface area (Å²) in [4.78, 5) is 20.5. The van der Waals surface area contributed by atoms with Gasteiger partial charge >= 0.3 is 5.69 Å². The fraction of sp³-hybridized carbons (Fsp3) is 0.294. The lowest BCUT2D eigenvalue weighted by atomic mass is 10.1. The minimum Gasteiger partial charge on any atom is -0.479 e. The lowest BCUT2D eigenvalue weighted by Crippen LogP contribution is -2.08. The number of nitrogens with zero attached hydrogens (tertiary/aromatic N) is 2. The Labute approximate surface area is 140 Å². The van der Waals surface area contributed by atoms with Crippen LogP contribution in [0.15, 0.2) is 48.5 Å². The first-order valence-electron chi connectivity index (χ1n) is 7.67. The molecule has 0 aliphatic carbocycles. The van der Waals surface area contributed by atoms with Crippen molar-refractivity contribution in [3.63, 3.8) is 0 Å². The lowest BCUT2D eigenvalue weighted by Gasteiger charge is -2.17. The highest BCUT2D eigenvalue weighted by atomic mass is 16.6. The van der Waals surface area contributed by atoms with Gasteiger partial charge in [-0.2, -0.15) is 0 Å². The molecule has 0 saturated carbocycles. The van der Waals surface area contributed by atoms with Crippen LogP contribution in [0.3, 0.4) is 0 Å². The van der Waals surface area contributed by atoms with Crippen LogP contribution in [0, 0.1) is 20.2 Å². The van der Waals surface area contributed by atoms with E-state index in [1.165, 1.54) is 12.1 Å². The fourth-order valence-electron chi connectivity index (χ4n) is 2.07. The molecule has 0 radical (unpaired) electrons. The molecule has 7 nitrogen and oxygen atoms in total. The molecule has 0 aromatic heterocycles. The molecular weight excluding hydrogens is 312 g/mol. The van der Waals surface area contributed by atoms with Gasteiger partial charge in [0.15, 0.2) is 5.75 Å². The van der Waals surface area contributed by atoms with Crippen LogP contribution in [-0.2, 0) is 0 Å². The second-order valence-corrected chi connectivity index (χ2v) is 4.59. The largest absolute Gasteiger partial charge is 0.479 e. The molecule has 0 saturated heterocycles. The highest BCUT2D eigenvalue weighted by Gasteiger charge is 2.23. The second kappa shape index (κ2) is 9.24. The normalized spacial score (nSPS) is 11.0. The SMILES string of the molecule is CC.CC[C@@H](Oc1ccc([N+](=O)[O-])cc1[N+](=O)[O-])c1ccccc1. The Morgan fingerprint density at radius 3 is 2.12 bits per heavy atom. The van der Waals surface area contributed by atoms with Gasteiger partial charge in [-0.1, -0.05) is 51.1 Å². The molecule has 2 rings (SSSR count). The first kappa shape index (κ1) is 19.1. The van der Waals surface area contributed by atoms with Gasteiger partial charge in [0.2, 0.25) is 0 Å². The van der Waals surface area contributed by atoms with Gasteiger partial charge in [0.1, 0.15) is 6.10 Å². The van der Waals surface area contributed by atoms with Crippen molar-refractivity contribution in [3.05, 3.63) is 74.3 Å². The first-order chi connectivity index (χ1) is 11.5. The van der Waals surface area contributed by atoms with Crippen molar-refractivity contribution in [2.24, 2.45) is 0 Å². The van der Waals surface area contributed by atoms with E-state index < -0.39 is 15.5 Å². The van der Waals surface area contributed by atoms with Crippen LogP contribution in [0.2, 0.25) is 0 Å². The maximum Gasteiger partial charge on any atom is 0.317 e. The van der Waals surface area contributed by atoms with Gasteiger partial charge in [-0.3, -0.25) is 20.2 Å². The van der Waals surface area contributed by atoms with Crippen molar-refractivity contribution >= 4 is 11.4 Å². The summed E-state index contributed by atoms with van der Waals surface area (Å²) < 4.78 is 5.71. The van der Waals surface area contributed by atoms with Crippen molar-refractivity contribution in [2.45, 2.75) is 33.3 Å². The van der Waals surface area contributed by atoms with Crippen molar-refractivity contribution in [3.8, 4) is 5.75 Å². The fourth-order valence-corrected chi connectivity index (χ4v) is 2.07. The van der Waals surface area contributed by atoms with Crippen LogP contribution >= 0.6 is 0 Å². The summed E-state index contributed by atoms with van der Waals surface area (Å²) in [5.41, 5.74) is 0.132. The van der Waals surface area contributed by atoms with Crippen LogP contribution in [0.1, 0.15) is 38.9 Å². The van der Waals surface area contributed by atoms with E-state index in [9.17, 15) is 20.2 Å². The molecule has 0 heterocycles. The second-order valence-electron chi connectivity index (χ2n) is 4.59. The molecule has 0 aliphatic heterocycles. The zero-order valence-electron chi connectivity index (χ0n) is 13.8. The van der Waals surface area contributed by atoms with Gasteiger partial charge < -0.3 is 4.74 Å². The van der Waals surface area contributed by atoms with Crippen molar-refractivity contribution in [1.82, 2.24) is 0 Å². The van der Waals surface area contributed by atoms with Gasteiger partial charge in [-0.15, -0.1) is 0 Å². The molecule has 0 N–H and O–H groups in total. The summed E-state index contributed by atoms with van der Waals surface area (Å²) in [5, 5.41) is 21.8. The van der Waals surface area contributed by atoms with Gasteiger partial charge in [-0.05, 0) is 18.1 Å². The molecule has 2 aromatic carbocycles. The molecule has 0 aliphatic rings. The van der Waals surface area contributed by atoms with Crippen molar-refractivity contribution < 1.29 is 14.6 Å². The number of benzene rings is 2. The predicted octanol–water partition coefficient (Wildman–Crippen LogP) is 5.06. The zero-order valence-corrected chi connectivity index (χ0v) is 13.8. The summed E-state index contributed by atoms with van der Waals surface area (Å²) in [5.74, 6) is 0.0197. The number of hydrogen-bond acceptors (Lipinski definition) is 5. The maximum absolute atomic E-state index is 11.1. The van der Waals surface area contributed by atoms with E-state index in [4.69, 9.17) is 4.74 Å². The Hall–Kier alpha value is -2.96. The summed E-state index contributed by atoms with van der Waals surface area (Å²) in [7, 11) is 0. The first-order valence-corrected chi connectivity index (χ1v) is 7.67. The molecule has 0 amide bonds. The number of rotatable bonds is 6. The predicted molar refractivity (Wildman–Crippen MR) is 91.2 cm³/mol. The lowest BCUT2D eigenvalue weighted by molar-refractivity contribution is -0.394. The van der Waals surface area contributed by atoms with Gasteiger partial charge in [-0.25, -0.2) is 0 Å². The smallest absolute Gasteiger partial charge is 0.317 e. The molecular formula is C17H20N2O5. The molecule has 128 valence electrons. The molecule has 24 heavy (non-hydrogen) atoms. The molecule has 0 fully saturated rings. The Bertz CT molecular complexity index is 689. The number of nitro groups is 2. The quantitative estimate of drug-likeness (QED) is 0.544. The van der Waals surface area contributed by atoms with Crippen molar-refractivity contribution in [1.29, 1.82) is 0 Å². The van der Waals surface area contributed by atoms with Crippen LogP contribution in [0.25, 0.3) is 0 Å². The molecule has 7 heteroatoms. The molecule has 0 bridgehead atoms. The van der Waals surface area contributed by atoms with E-state index >= 15 is 0 Å². The summed E-state index contributed by atoms with van der Waals surface area (Å²) in [6, 6.07) is 12.7. The Kier molecular flexibility index (Phi) is 7.35. The summed E-state index contributed by atoms with van der Waals surface area (Å²) >= 11 is 0. The Morgan fingerprint density at radius 1 is 1.00 bits per heavy atom. The molecule has 1 atom stereocenters. The molecule has 0 spiro atoms. The van der Waals surface area contributed by atoms with Crippen LogP contribution in [0.4, 0.5) is 11.4 Å². The number of nitro benzene ring substituents is 2. The van der Waals surface area contributed by atoms with E-state index in [1.807, 2.05) is 51.1 Å². The standard InChI is InChI=1S/C15H14N2O5.C2H6/c1-2-14(11-6-4-3-5-7-11)22-15-9-8-12(16(18)19)10-13(15)17(20)21;1-2/h3-10,14H,2H2,1H3;1-2H3/t14-;/m1./s1. The average Bonchev–Trinajstić information content (AvgIpc) is 2.61. The molecule has 2 aromatic rings. The van der Waals surface area contributed by atoms with Crippen LogP contribution in [0.5, 0.6) is 5.75 Å². The van der Waals surface area contributed by atoms with Gasteiger partial charge in [0.25, 0.3) is 5.69 Å². The summed E-state index contributed by atoms with van der Waals surface area (Å²) in [6.07, 6.45) is 0.249. The average molecular weight is 332 g/mol. The molecule has 0 unspecified atom stereocenters. The minimum atomic E-state index is -0.681. The van der Waals surface area contributed by atoms with E-state index in [2.05, 4.69) is 0 Å². The highest BCUT2D eigenvalue weighted by molar-refractivity contribution is 5.53. The van der Waals surface area contributed by atoms with E-state index in [0.29, 0.717) is 6.42 Å². The van der Waals surface area contributed by atoms with Crippen LogP contribution in [-0.4, -0.2) is 9.85 Å². The number of non-ortho nitro benzene ring substituents is 1. The minimum absolute atomic E-state index is 0.0197. The Balaban J connectivity index is 0.00000139. The third kappa shape index (κ3) is 4.77. The third-order valence-electron chi connectivity index (χ3n) is 3.16. The van der Waals surface area contributed by atoms with E-state index in [1.54, 1.807) is 0 Å². The van der Waals surface area contributed by atoms with Crippen molar-refractivity contribution in [2.75, 3.05) is 0 Å². The van der Waals surface area contributed by atoms with E-state index in [-0.39, 0.29) is 17.5 Å². The number of hydrogen-bond donors (Lipinski definition) is 0. The topological polar surface area (TPSA) is 95.5 Å². The highest BCUT2D eigenvalue weighted by Crippen LogP contribution is 2.34. The van der Waals surface area contributed by atoms with Gasteiger partial charge in [0, 0.05) is 6.07 Å². The Morgan fingerprint density at radius 2 is 1.62 bits per heavy atom. The maximum atomic E-state index is 11.1. The number of ether oxygens (including phenoxy) is 1. The third-order valence-corrected chi connectivity index (χ3v) is 3.16.